The minimum Gasteiger partial charge on any atom is -0.497 e. The molecule has 10 heteroatoms. The van der Waals surface area contributed by atoms with Gasteiger partial charge in [0.25, 0.3) is 0 Å². The predicted octanol–water partition coefficient (Wildman–Crippen LogP) is 6.01. The number of carbonyl (C=O) groups excluding carboxylic acids is 1. The topological polar surface area (TPSA) is 54.9 Å². The Morgan fingerprint density at radius 3 is 2.71 bits per heavy atom. The van der Waals surface area contributed by atoms with Crippen LogP contribution in [0.4, 0.5) is 5.13 Å². The summed E-state index contributed by atoms with van der Waals surface area (Å²) in [4.78, 5) is 23.5. The summed E-state index contributed by atoms with van der Waals surface area (Å²) in [7, 11) is 1.65. The summed E-state index contributed by atoms with van der Waals surface area (Å²) in [5.74, 6) is 1.78. The van der Waals surface area contributed by atoms with Gasteiger partial charge in [0.15, 0.2) is 5.13 Å². The summed E-state index contributed by atoms with van der Waals surface area (Å²) in [5, 5.41) is 1.50. The first kappa shape index (κ1) is 28.0. The molecule has 0 unspecified atom stereocenters. The van der Waals surface area contributed by atoms with Crippen molar-refractivity contribution in [2.24, 2.45) is 0 Å². The molecule has 0 bridgehead atoms. The summed E-state index contributed by atoms with van der Waals surface area (Å²) >= 11 is 9.28. The van der Waals surface area contributed by atoms with Crippen LogP contribution in [0.3, 0.4) is 0 Å². The highest BCUT2D eigenvalue weighted by Gasteiger charge is 2.20. The summed E-state index contributed by atoms with van der Waals surface area (Å²) < 4.78 is 11.8. The van der Waals surface area contributed by atoms with Crippen molar-refractivity contribution in [2.75, 3.05) is 57.2 Å². The maximum atomic E-state index is 13.3. The van der Waals surface area contributed by atoms with E-state index in [1.54, 1.807) is 30.2 Å². The van der Waals surface area contributed by atoms with Gasteiger partial charge in [0.2, 0.25) is 5.91 Å². The number of nitrogens with zero attached hydrogens (tertiary/aromatic N) is 3. The lowest BCUT2D eigenvalue weighted by molar-refractivity contribution is -0.118. The molecule has 0 atom stereocenters. The van der Waals surface area contributed by atoms with Gasteiger partial charge in [-0.1, -0.05) is 22.9 Å². The fraction of sp³-hybridized carbons (Fsp3) is 0.440. The molecule has 1 amide bonds. The summed E-state index contributed by atoms with van der Waals surface area (Å²) in [6.45, 7) is 5.10. The molecular weight excluding hydrogens is 525 g/mol. The first-order valence-electron chi connectivity index (χ1n) is 11.6. The van der Waals surface area contributed by atoms with Crippen molar-refractivity contribution in [2.45, 2.75) is 24.2 Å². The third kappa shape index (κ3) is 8.23. The zero-order chi connectivity index (χ0) is 23.8. The molecule has 1 fully saturated rings. The molecule has 0 radical (unpaired) electrons. The Morgan fingerprint density at radius 2 is 1.97 bits per heavy atom. The van der Waals surface area contributed by atoms with Crippen LogP contribution in [0.1, 0.15) is 19.3 Å². The van der Waals surface area contributed by atoms with E-state index in [0.717, 1.165) is 77.6 Å². The van der Waals surface area contributed by atoms with Crippen LogP contribution in [-0.2, 0) is 9.53 Å². The van der Waals surface area contributed by atoms with Gasteiger partial charge in [-0.3, -0.25) is 14.6 Å². The third-order valence-corrected chi connectivity index (χ3v) is 8.10. The Morgan fingerprint density at radius 1 is 1.20 bits per heavy atom. The van der Waals surface area contributed by atoms with Gasteiger partial charge < -0.3 is 9.47 Å². The number of morpholine rings is 1. The van der Waals surface area contributed by atoms with Crippen LogP contribution in [0, 0.1) is 0 Å². The Kier molecular flexibility index (Phi) is 11.4. The number of thioether (sulfide) groups is 1. The number of benzene rings is 2. The molecule has 0 N–H and O–H groups in total. The molecule has 3 aromatic rings. The number of methoxy groups -OCH3 is 1. The Balaban J connectivity index is 0.00000342. The lowest BCUT2D eigenvalue weighted by Gasteiger charge is -2.27. The normalized spacial score (nSPS) is 14.0. The van der Waals surface area contributed by atoms with Crippen LogP contribution in [0.2, 0.25) is 5.02 Å². The summed E-state index contributed by atoms with van der Waals surface area (Å²) in [6.07, 6.45) is 2.21. The van der Waals surface area contributed by atoms with Gasteiger partial charge in [-0.05, 0) is 55.0 Å². The number of fused-ring (bicyclic) bond motifs is 1. The van der Waals surface area contributed by atoms with E-state index in [1.807, 2.05) is 47.4 Å². The number of hydrogen-bond donors (Lipinski definition) is 0. The molecule has 6 nitrogen and oxygen atoms in total. The minimum absolute atomic E-state index is 0. The quantitative estimate of drug-likeness (QED) is 0.213. The molecule has 4 rings (SSSR count). The second-order valence-corrected chi connectivity index (χ2v) is 10.7. The van der Waals surface area contributed by atoms with Crippen molar-refractivity contribution in [3.05, 3.63) is 47.5 Å². The number of aromatic nitrogens is 1. The molecular formula is C25H31Cl2N3O3S2. The van der Waals surface area contributed by atoms with Crippen molar-refractivity contribution < 1.29 is 14.3 Å². The SMILES string of the molecule is COc1ccc2sc(N(CCCN3CCOCC3)C(=O)CCCSc3ccc(Cl)cc3)nc2c1.Cl. The van der Waals surface area contributed by atoms with Crippen LogP contribution in [0.25, 0.3) is 10.2 Å². The largest absolute Gasteiger partial charge is 0.497 e. The number of carbonyl (C=O) groups is 1. The average molecular weight is 557 g/mol. The van der Waals surface area contributed by atoms with Crippen LogP contribution in [0.15, 0.2) is 47.4 Å². The number of hydrogen-bond acceptors (Lipinski definition) is 7. The molecule has 1 aliphatic rings. The highest BCUT2D eigenvalue weighted by molar-refractivity contribution is 7.99. The Bertz CT molecular complexity index is 1080. The van der Waals surface area contributed by atoms with E-state index in [-0.39, 0.29) is 18.3 Å². The van der Waals surface area contributed by atoms with Crippen molar-refractivity contribution in [3.63, 3.8) is 0 Å². The molecule has 2 heterocycles. The number of ether oxygens (including phenoxy) is 2. The maximum Gasteiger partial charge on any atom is 0.228 e. The fourth-order valence-electron chi connectivity index (χ4n) is 3.82. The first-order chi connectivity index (χ1) is 16.6. The molecule has 0 spiro atoms. The molecule has 1 aliphatic heterocycles. The van der Waals surface area contributed by atoms with Crippen LogP contribution in [-0.4, -0.2) is 68.0 Å². The second kappa shape index (κ2) is 14.3. The van der Waals surface area contributed by atoms with E-state index in [4.69, 9.17) is 26.1 Å². The fourth-order valence-corrected chi connectivity index (χ4v) is 5.79. The van der Waals surface area contributed by atoms with Crippen LogP contribution >= 0.6 is 47.1 Å². The second-order valence-electron chi connectivity index (χ2n) is 8.09. The van der Waals surface area contributed by atoms with Gasteiger partial charge in [-0.15, -0.1) is 24.2 Å². The molecule has 35 heavy (non-hydrogen) atoms. The minimum atomic E-state index is 0. The molecule has 190 valence electrons. The molecule has 0 aliphatic carbocycles. The van der Waals surface area contributed by atoms with E-state index < -0.39 is 0 Å². The molecule has 1 saturated heterocycles. The van der Waals surface area contributed by atoms with Gasteiger partial charge in [0, 0.05) is 48.6 Å². The third-order valence-electron chi connectivity index (χ3n) is 5.69. The number of halogens is 2. The van der Waals surface area contributed by atoms with E-state index in [2.05, 4.69) is 4.90 Å². The van der Waals surface area contributed by atoms with Gasteiger partial charge in [-0.2, -0.15) is 0 Å². The van der Waals surface area contributed by atoms with Crippen LogP contribution in [0.5, 0.6) is 5.75 Å². The summed E-state index contributed by atoms with van der Waals surface area (Å²) in [6, 6.07) is 13.7. The highest BCUT2D eigenvalue weighted by atomic mass is 35.5. The van der Waals surface area contributed by atoms with Gasteiger partial charge >= 0.3 is 0 Å². The number of anilines is 1. The first-order valence-corrected chi connectivity index (χ1v) is 13.7. The van der Waals surface area contributed by atoms with Gasteiger partial charge in [-0.25, -0.2) is 4.98 Å². The van der Waals surface area contributed by atoms with Crippen molar-refractivity contribution in [1.29, 1.82) is 0 Å². The standard InChI is InChI=1S/C25H30ClN3O3S2.ClH/c1-31-20-7-10-23-22(18-20)27-25(34-23)29(12-3-11-28-13-15-32-16-14-28)24(30)4-2-17-33-21-8-5-19(26)6-9-21;/h5-10,18H,2-4,11-17H2,1H3;1H. The lowest BCUT2D eigenvalue weighted by atomic mass is 10.2. The molecule has 2 aromatic carbocycles. The molecule has 1 aromatic heterocycles. The van der Waals surface area contributed by atoms with Crippen LogP contribution < -0.4 is 9.64 Å². The monoisotopic (exact) mass is 555 g/mol. The molecule has 0 saturated carbocycles. The number of rotatable bonds is 11. The smallest absolute Gasteiger partial charge is 0.228 e. The zero-order valence-electron chi connectivity index (χ0n) is 19.8. The maximum absolute atomic E-state index is 13.3. The van der Waals surface area contributed by atoms with Crippen molar-refractivity contribution >= 4 is 68.4 Å². The predicted molar refractivity (Wildman–Crippen MR) is 149 cm³/mol. The average Bonchev–Trinajstić information content (AvgIpc) is 3.29. The number of amides is 1. The van der Waals surface area contributed by atoms with Crippen molar-refractivity contribution in [3.8, 4) is 5.75 Å². The lowest BCUT2D eigenvalue weighted by Crippen LogP contribution is -2.39. The highest BCUT2D eigenvalue weighted by Crippen LogP contribution is 2.32. The van der Waals surface area contributed by atoms with Gasteiger partial charge in [0.1, 0.15) is 5.75 Å². The van der Waals surface area contributed by atoms with Gasteiger partial charge in [0.05, 0.1) is 30.5 Å². The Labute approximate surface area is 226 Å². The van der Waals surface area contributed by atoms with E-state index >= 15 is 0 Å². The summed E-state index contributed by atoms with van der Waals surface area (Å²) in [5.41, 5.74) is 0.864. The number of thiazole rings is 1. The van der Waals surface area contributed by atoms with E-state index in [1.165, 1.54) is 4.90 Å². The zero-order valence-corrected chi connectivity index (χ0v) is 23.0. The Hall–Kier alpha value is -1.55. The van der Waals surface area contributed by atoms with E-state index in [9.17, 15) is 4.79 Å². The van der Waals surface area contributed by atoms with Crippen molar-refractivity contribution in [1.82, 2.24) is 9.88 Å². The van der Waals surface area contributed by atoms with E-state index in [0.29, 0.717) is 13.0 Å².